The van der Waals surface area contributed by atoms with Crippen LogP contribution >= 0.6 is 0 Å². The van der Waals surface area contributed by atoms with Crippen molar-refractivity contribution in [2.24, 2.45) is 11.3 Å². The van der Waals surface area contributed by atoms with E-state index in [4.69, 9.17) is 0 Å². The summed E-state index contributed by atoms with van der Waals surface area (Å²) < 4.78 is 0. The van der Waals surface area contributed by atoms with Crippen LogP contribution in [-0.4, -0.2) is 60.3 Å². The van der Waals surface area contributed by atoms with Gasteiger partial charge in [0.2, 0.25) is 0 Å². The fourth-order valence-electron chi connectivity index (χ4n) is 4.01. The zero-order valence-electron chi connectivity index (χ0n) is 14.1. The van der Waals surface area contributed by atoms with Crippen LogP contribution in [0.15, 0.2) is 0 Å². The van der Waals surface area contributed by atoms with Crippen LogP contribution in [0.1, 0.15) is 52.9 Å². The number of likely N-dealkylation sites (N-methyl/N-ethyl adjacent to an activating group) is 1. The number of nitrogens with zero attached hydrogens (tertiary/aromatic N) is 2. The number of hydrogen-bond donors (Lipinski definition) is 1. The molecule has 1 heterocycles. The Morgan fingerprint density at radius 3 is 2.45 bits per heavy atom. The second-order valence-corrected chi connectivity index (χ2v) is 7.89. The van der Waals surface area contributed by atoms with Gasteiger partial charge in [0.1, 0.15) is 0 Å². The summed E-state index contributed by atoms with van der Waals surface area (Å²) in [5, 5.41) is 10.5. The van der Waals surface area contributed by atoms with Crippen molar-refractivity contribution in [3.63, 3.8) is 0 Å². The van der Waals surface area contributed by atoms with Gasteiger partial charge in [-0.3, -0.25) is 4.90 Å². The van der Waals surface area contributed by atoms with Crippen LogP contribution in [0, 0.1) is 11.3 Å². The van der Waals surface area contributed by atoms with E-state index < -0.39 is 0 Å². The first-order chi connectivity index (χ1) is 9.35. The van der Waals surface area contributed by atoms with Crippen molar-refractivity contribution in [1.82, 2.24) is 9.80 Å². The van der Waals surface area contributed by atoms with Gasteiger partial charge < -0.3 is 10.0 Å². The monoisotopic (exact) mass is 282 g/mol. The Bertz CT molecular complexity index is 316. The maximum absolute atomic E-state index is 10.5. The number of hydrogen-bond acceptors (Lipinski definition) is 3. The molecule has 1 aliphatic carbocycles. The van der Waals surface area contributed by atoms with E-state index in [-0.39, 0.29) is 6.10 Å². The van der Waals surface area contributed by atoms with Crippen LogP contribution < -0.4 is 0 Å². The topological polar surface area (TPSA) is 26.7 Å². The predicted molar refractivity (Wildman–Crippen MR) is 84.9 cm³/mol. The Labute approximate surface area is 125 Å². The third kappa shape index (κ3) is 3.37. The molecule has 2 rings (SSSR count). The smallest absolute Gasteiger partial charge is 0.0695 e. The van der Waals surface area contributed by atoms with Gasteiger partial charge in [-0.25, -0.2) is 0 Å². The average Bonchev–Trinajstić information content (AvgIpc) is 2.88. The van der Waals surface area contributed by atoms with Crippen LogP contribution in [0.5, 0.6) is 0 Å². The van der Waals surface area contributed by atoms with Gasteiger partial charge in [-0.1, -0.05) is 27.2 Å². The van der Waals surface area contributed by atoms with E-state index in [1.807, 2.05) is 0 Å². The lowest BCUT2D eigenvalue weighted by Gasteiger charge is -2.44. The summed E-state index contributed by atoms with van der Waals surface area (Å²) in [6, 6.07) is 1.06. The Morgan fingerprint density at radius 2 is 1.90 bits per heavy atom. The Hall–Kier alpha value is -0.120. The zero-order valence-corrected chi connectivity index (χ0v) is 14.1. The molecule has 0 aromatic heterocycles. The lowest BCUT2D eigenvalue weighted by Crippen LogP contribution is -2.49. The SMILES string of the molecule is CCC(C)(C)C1CCC(O)C(N2CCC(N(C)C)C2)C1. The Kier molecular flexibility index (Phi) is 5.14. The summed E-state index contributed by atoms with van der Waals surface area (Å²) in [6.45, 7) is 9.40. The first kappa shape index (κ1) is 16.3. The normalized spacial score (nSPS) is 36.8. The van der Waals surface area contributed by atoms with Crippen molar-refractivity contribution in [2.45, 2.75) is 71.1 Å². The van der Waals surface area contributed by atoms with Crippen LogP contribution in [0.3, 0.4) is 0 Å². The largest absolute Gasteiger partial charge is 0.391 e. The van der Waals surface area contributed by atoms with Gasteiger partial charge in [-0.05, 0) is 51.1 Å². The minimum atomic E-state index is -0.111. The molecule has 2 aliphatic rings. The molecule has 4 unspecified atom stereocenters. The molecule has 3 heteroatoms. The first-order valence-corrected chi connectivity index (χ1v) is 8.43. The van der Waals surface area contributed by atoms with Crippen molar-refractivity contribution < 1.29 is 5.11 Å². The standard InChI is InChI=1S/C17H34N2O/c1-6-17(2,3)13-7-8-16(20)15(11-13)19-10-9-14(12-19)18(4)5/h13-16,20H,6-12H2,1-5H3. The van der Waals surface area contributed by atoms with E-state index in [0.717, 1.165) is 25.4 Å². The lowest BCUT2D eigenvalue weighted by atomic mass is 9.67. The van der Waals surface area contributed by atoms with Crippen LogP contribution in [0.25, 0.3) is 0 Å². The highest BCUT2D eigenvalue weighted by Crippen LogP contribution is 2.42. The highest BCUT2D eigenvalue weighted by atomic mass is 16.3. The van der Waals surface area contributed by atoms with E-state index in [1.165, 1.54) is 25.7 Å². The highest BCUT2D eigenvalue weighted by molar-refractivity contribution is 4.95. The predicted octanol–water partition coefficient (Wildman–Crippen LogP) is 2.59. The van der Waals surface area contributed by atoms with E-state index in [2.05, 4.69) is 44.7 Å². The Balaban J connectivity index is 1.99. The van der Waals surface area contributed by atoms with Crippen LogP contribution in [0.4, 0.5) is 0 Å². The first-order valence-electron chi connectivity index (χ1n) is 8.43. The molecule has 2 fully saturated rings. The van der Waals surface area contributed by atoms with E-state index in [0.29, 0.717) is 17.5 Å². The molecule has 1 N–H and O–H groups in total. The molecule has 118 valence electrons. The minimum Gasteiger partial charge on any atom is -0.391 e. The fourth-order valence-corrected chi connectivity index (χ4v) is 4.01. The second kappa shape index (κ2) is 6.33. The van der Waals surface area contributed by atoms with Crippen LogP contribution in [-0.2, 0) is 0 Å². The molecule has 0 amide bonds. The second-order valence-electron chi connectivity index (χ2n) is 7.89. The molecule has 0 radical (unpaired) electrons. The Morgan fingerprint density at radius 1 is 1.20 bits per heavy atom. The molecule has 1 saturated heterocycles. The van der Waals surface area contributed by atoms with E-state index in [1.54, 1.807) is 0 Å². The molecule has 0 bridgehead atoms. The molecule has 3 nitrogen and oxygen atoms in total. The average molecular weight is 282 g/mol. The van der Waals surface area contributed by atoms with Gasteiger partial charge in [-0.2, -0.15) is 0 Å². The number of aliphatic hydroxyl groups is 1. The number of likely N-dealkylation sites (tertiary alicyclic amines) is 1. The van der Waals surface area contributed by atoms with Crippen LogP contribution in [0.2, 0.25) is 0 Å². The number of aliphatic hydroxyl groups excluding tert-OH is 1. The molecule has 1 saturated carbocycles. The van der Waals surface area contributed by atoms with Crippen molar-refractivity contribution in [1.29, 1.82) is 0 Å². The molecule has 0 aromatic rings. The summed E-state index contributed by atoms with van der Waals surface area (Å²) in [5.41, 5.74) is 0.416. The van der Waals surface area contributed by atoms with Gasteiger partial charge in [-0.15, -0.1) is 0 Å². The van der Waals surface area contributed by atoms with Crippen molar-refractivity contribution >= 4 is 0 Å². The van der Waals surface area contributed by atoms with E-state index >= 15 is 0 Å². The zero-order chi connectivity index (χ0) is 14.9. The third-order valence-corrected chi connectivity index (χ3v) is 6.19. The fraction of sp³-hybridized carbons (Fsp3) is 1.00. The maximum Gasteiger partial charge on any atom is 0.0695 e. The summed E-state index contributed by atoms with van der Waals surface area (Å²) >= 11 is 0. The van der Waals surface area contributed by atoms with Gasteiger partial charge >= 0.3 is 0 Å². The molecule has 0 aromatic carbocycles. The number of rotatable bonds is 4. The minimum absolute atomic E-state index is 0.111. The van der Waals surface area contributed by atoms with Crippen molar-refractivity contribution in [2.75, 3.05) is 27.2 Å². The summed E-state index contributed by atoms with van der Waals surface area (Å²) in [6.07, 6.45) is 5.74. The highest BCUT2D eigenvalue weighted by Gasteiger charge is 2.40. The molecule has 4 atom stereocenters. The molecular formula is C17H34N2O. The summed E-state index contributed by atoms with van der Waals surface area (Å²) in [7, 11) is 4.35. The molecule has 0 spiro atoms. The summed E-state index contributed by atoms with van der Waals surface area (Å²) in [5.74, 6) is 0.763. The van der Waals surface area contributed by atoms with E-state index in [9.17, 15) is 5.11 Å². The quantitative estimate of drug-likeness (QED) is 0.858. The summed E-state index contributed by atoms with van der Waals surface area (Å²) in [4.78, 5) is 4.90. The lowest BCUT2D eigenvalue weighted by molar-refractivity contribution is -0.0144. The molecule has 20 heavy (non-hydrogen) atoms. The van der Waals surface area contributed by atoms with Crippen molar-refractivity contribution in [3.05, 3.63) is 0 Å². The van der Waals surface area contributed by atoms with Gasteiger partial charge in [0, 0.05) is 25.2 Å². The van der Waals surface area contributed by atoms with Gasteiger partial charge in [0.15, 0.2) is 0 Å². The maximum atomic E-state index is 10.5. The van der Waals surface area contributed by atoms with Gasteiger partial charge in [0.25, 0.3) is 0 Å². The van der Waals surface area contributed by atoms with Crippen molar-refractivity contribution in [3.8, 4) is 0 Å². The van der Waals surface area contributed by atoms with Gasteiger partial charge in [0.05, 0.1) is 6.10 Å². The molecule has 1 aliphatic heterocycles. The third-order valence-electron chi connectivity index (χ3n) is 6.19. The molecular weight excluding hydrogens is 248 g/mol.